The van der Waals surface area contributed by atoms with Gasteiger partial charge < -0.3 is 4.90 Å². The van der Waals surface area contributed by atoms with Gasteiger partial charge in [-0.3, -0.25) is 14.2 Å². The second kappa shape index (κ2) is 10.6. The second-order valence-corrected chi connectivity index (χ2v) is 8.16. The highest BCUT2D eigenvalue weighted by Crippen LogP contribution is 2.27. The van der Waals surface area contributed by atoms with Gasteiger partial charge in [-0.05, 0) is 55.7 Å². The van der Waals surface area contributed by atoms with Crippen molar-refractivity contribution in [3.8, 4) is 5.69 Å². The molecule has 0 spiro atoms. The van der Waals surface area contributed by atoms with E-state index in [-0.39, 0.29) is 17.5 Å². The number of halogens is 1. The van der Waals surface area contributed by atoms with Crippen molar-refractivity contribution in [2.75, 3.05) is 6.54 Å². The number of unbranched alkanes of at least 4 members (excludes halogenated alkanes) is 1. The molecule has 164 valence electrons. The molecule has 2 aromatic carbocycles. The lowest BCUT2D eigenvalue weighted by atomic mass is 10.1. The van der Waals surface area contributed by atoms with Gasteiger partial charge in [0, 0.05) is 18.0 Å². The third kappa shape index (κ3) is 4.99. The molecule has 1 aromatic heterocycles. The minimum atomic E-state index is -0.294. The van der Waals surface area contributed by atoms with Crippen LogP contribution in [-0.4, -0.2) is 26.9 Å². The van der Waals surface area contributed by atoms with E-state index in [2.05, 4.69) is 13.8 Å². The van der Waals surface area contributed by atoms with E-state index in [9.17, 15) is 9.59 Å². The number of benzene rings is 2. The van der Waals surface area contributed by atoms with Gasteiger partial charge in [-0.1, -0.05) is 50.9 Å². The third-order valence-corrected chi connectivity index (χ3v) is 5.73. The minimum absolute atomic E-state index is 0.112. The Labute approximate surface area is 188 Å². The highest BCUT2D eigenvalue weighted by Gasteiger charge is 2.28. The van der Waals surface area contributed by atoms with Crippen LogP contribution >= 0.6 is 11.6 Å². The quantitative estimate of drug-likeness (QED) is 0.416. The average Bonchev–Trinajstić information content (AvgIpc) is 2.78. The Morgan fingerprint density at radius 3 is 2.42 bits per heavy atom. The summed E-state index contributed by atoms with van der Waals surface area (Å²) in [5, 5.41) is 1.15. The van der Waals surface area contributed by atoms with Crippen LogP contribution in [0.5, 0.6) is 0 Å². The van der Waals surface area contributed by atoms with E-state index in [0.717, 1.165) is 19.3 Å². The summed E-state index contributed by atoms with van der Waals surface area (Å²) in [6.45, 7) is 6.81. The molecule has 0 N–H and O–H groups in total. The molecule has 3 rings (SSSR count). The molecule has 1 unspecified atom stereocenters. The zero-order valence-corrected chi connectivity index (χ0v) is 19.2. The van der Waals surface area contributed by atoms with E-state index in [0.29, 0.717) is 46.8 Å². The van der Waals surface area contributed by atoms with Gasteiger partial charge in [0.05, 0.1) is 22.6 Å². The number of carbonyl (C=O) groups excluding carboxylic acids is 1. The highest BCUT2D eigenvalue weighted by molar-refractivity contribution is 6.30. The molecule has 0 aliphatic carbocycles. The first-order chi connectivity index (χ1) is 15.0. The Morgan fingerprint density at radius 2 is 1.77 bits per heavy atom. The van der Waals surface area contributed by atoms with E-state index in [1.165, 1.54) is 0 Å². The van der Waals surface area contributed by atoms with Crippen molar-refractivity contribution in [3.05, 3.63) is 69.7 Å². The number of amides is 1. The number of aromatic nitrogens is 2. The zero-order valence-electron chi connectivity index (χ0n) is 18.5. The second-order valence-electron chi connectivity index (χ2n) is 7.72. The summed E-state index contributed by atoms with van der Waals surface area (Å²) < 4.78 is 1.64. The lowest BCUT2D eigenvalue weighted by molar-refractivity contribution is -0.134. The number of fused-ring (bicyclic) bond motifs is 1. The maximum atomic E-state index is 13.6. The molecule has 1 atom stereocenters. The number of para-hydroxylation sites is 1. The van der Waals surface area contributed by atoms with Crippen LogP contribution in [0.15, 0.2) is 53.3 Å². The lowest BCUT2D eigenvalue weighted by Crippen LogP contribution is -2.39. The summed E-state index contributed by atoms with van der Waals surface area (Å²) in [5.74, 6) is 0.701. The fourth-order valence-corrected chi connectivity index (χ4v) is 4.05. The number of carbonyl (C=O) groups is 1. The molecule has 0 saturated heterocycles. The first-order valence-electron chi connectivity index (χ1n) is 11.1. The molecule has 0 aliphatic rings. The van der Waals surface area contributed by atoms with E-state index in [1.54, 1.807) is 22.8 Å². The van der Waals surface area contributed by atoms with Crippen LogP contribution in [0.3, 0.4) is 0 Å². The third-order valence-electron chi connectivity index (χ3n) is 5.48. The number of nitrogens with zero attached hydrogens (tertiary/aromatic N) is 3. The van der Waals surface area contributed by atoms with Crippen LogP contribution in [0.25, 0.3) is 16.6 Å². The average molecular weight is 440 g/mol. The summed E-state index contributed by atoms with van der Waals surface area (Å²) >= 11 is 6.09. The number of rotatable bonds is 9. The molecular weight excluding hydrogens is 410 g/mol. The van der Waals surface area contributed by atoms with Gasteiger partial charge in [0.25, 0.3) is 5.56 Å². The SMILES string of the molecule is CCCCC(=O)N(CCC)C(CC)c1nc2ccccc2c(=O)n1-c1ccc(Cl)cc1. The predicted octanol–water partition coefficient (Wildman–Crippen LogP) is 5.92. The summed E-state index contributed by atoms with van der Waals surface area (Å²) in [7, 11) is 0. The Morgan fingerprint density at radius 1 is 1.06 bits per heavy atom. The van der Waals surface area contributed by atoms with Crippen LogP contribution < -0.4 is 5.56 Å². The predicted molar refractivity (Wildman–Crippen MR) is 127 cm³/mol. The first kappa shape index (κ1) is 23.0. The Balaban J connectivity index is 2.24. The van der Waals surface area contributed by atoms with E-state index in [1.807, 2.05) is 42.2 Å². The van der Waals surface area contributed by atoms with Crippen LogP contribution in [0.2, 0.25) is 5.02 Å². The van der Waals surface area contributed by atoms with Crippen LogP contribution in [0.4, 0.5) is 0 Å². The van der Waals surface area contributed by atoms with Crippen molar-refractivity contribution in [2.45, 2.75) is 58.9 Å². The molecule has 0 saturated carbocycles. The van der Waals surface area contributed by atoms with Crippen molar-refractivity contribution < 1.29 is 4.79 Å². The molecule has 0 bridgehead atoms. The largest absolute Gasteiger partial charge is 0.333 e. The van der Waals surface area contributed by atoms with Crippen LogP contribution in [0.1, 0.15) is 64.7 Å². The van der Waals surface area contributed by atoms with Crippen molar-refractivity contribution in [1.82, 2.24) is 14.5 Å². The molecule has 1 amide bonds. The van der Waals surface area contributed by atoms with Crippen molar-refractivity contribution in [2.24, 2.45) is 0 Å². The number of hydrogen-bond acceptors (Lipinski definition) is 3. The first-order valence-corrected chi connectivity index (χ1v) is 11.5. The van der Waals surface area contributed by atoms with Gasteiger partial charge in [-0.15, -0.1) is 0 Å². The van der Waals surface area contributed by atoms with Crippen LogP contribution in [-0.2, 0) is 4.79 Å². The highest BCUT2D eigenvalue weighted by atomic mass is 35.5. The molecule has 5 nitrogen and oxygen atoms in total. The van der Waals surface area contributed by atoms with E-state index < -0.39 is 0 Å². The van der Waals surface area contributed by atoms with Gasteiger partial charge in [-0.25, -0.2) is 4.98 Å². The Hall–Kier alpha value is -2.66. The van der Waals surface area contributed by atoms with Crippen molar-refractivity contribution in [1.29, 1.82) is 0 Å². The molecule has 6 heteroatoms. The molecular formula is C25H30ClN3O2. The van der Waals surface area contributed by atoms with Crippen LogP contribution in [0, 0.1) is 0 Å². The van der Waals surface area contributed by atoms with Gasteiger partial charge in [-0.2, -0.15) is 0 Å². The van der Waals surface area contributed by atoms with Crippen molar-refractivity contribution >= 4 is 28.4 Å². The lowest BCUT2D eigenvalue weighted by Gasteiger charge is -2.32. The molecule has 0 aliphatic heterocycles. The van der Waals surface area contributed by atoms with E-state index in [4.69, 9.17) is 16.6 Å². The molecule has 3 aromatic rings. The van der Waals surface area contributed by atoms with Gasteiger partial charge in [0.1, 0.15) is 5.82 Å². The van der Waals surface area contributed by atoms with Gasteiger partial charge in [0.15, 0.2) is 0 Å². The Kier molecular flexibility index (Phi) is 7.85. The van der Waals surface area contributed by atoms with Gasteiger partial charge >= 0.3 is 0 Å². The number of hydrogen-bond donors (Lipinski definition) is 0. The summed E-state index contributed by atoms with van der Waals surface area (Å²) in [6, 6.07) is 14.2. The maximum Gasteiger partial charge on any atom is 0.266 e. The topological polar surface area (TPSA) is 55.2 Å². The summed E-state index contributed by atoms with van der Waals surface area (Å²) in [4.78, 5) is 33.5. The molecule has 0 radical (unpaired) electrons. The fraction of sp³-hybridized carbons (Fsp3) is 0.400. The molecule has 0 fully saturated rings. The Bertz CT molecular complexity index is 1090. The van der Waals surface area contributed by atoms with Gasteiger partial charge in [0.2, 0.25) is 5.91 Å². The van der Waals surface area contributed by atoms with Crippen molar-refractivity contribution in [3.63, 3.8) is 0 Å². The summed E-state index contributed by atoms with van der Waals surface area (Å²) in [6.07, 6.45) is 3.83. The standard InChI is InChI=1S/C25H30ClN3O2/c1-4-7-12-23(30)28(17-5-2)22(6-3)24-27-21-11-9-8-10-20(21)25(31)29(24)19-15-13-18(26)14-16-19/h8-11,13-16,22H,4-7,12,17H2,1-3H3. The monoisotopic (exact) mass is 439 g/mol. The fourth-order valence-electron chi connectivity index (χ4n) is 3.92. The van der Waals surface area contributed by atoms with E-state index >= 15 is 0 Å². The molecule has 31 heavy (non-hydrogen) atoms. The molecule has 1 heterocycles. The minimum Gasteiger partial charge on any atom is -0.333 e. The summed E-state index contributed by atoms with van der Waals surface area (Å²) in [5.41, 5.74) is 1.20. The zero-order chi connectivity index (χ0) is 22.4. The smallest absolute Gasteiger partial charge is 0.266 e. The normalized spacial score (nSPS) is 12.1. The maximum absolute atomic E-state index is 13.6.